The Labute approximate surface area is 210 Å². The first kappa shape index (κ1) is 24.1. The van der Waals surface area contributed by atoms with Crippen LogP contribution < -0.4 is 4.90 Å². The summed E-state index contributed by atoms with van der Waals surface area (Å²) in [5, 5.41) is 29.8. The molecule has 3 aromatic rings. The summed E-state index contributed by atoms with van der Waals surface area (Å²) in [5.74, 6) is 1.01. The summed E-state index contributed by atoms with van der Waals surface area (Å²) < 4.78 is 7.10. The second-order valence-electron chi connectivity index (χ2n) is 9.59. The second-order valence-corrected chi connectivity index (χ2v) is 9.59. The Morgan fingerprint density at radius 3 is 2.39 bits per heavy atom. The summed E-state index contributed by atoms with van der Waals surface area (Å²) in [4.78, 5) is 22.1. The molecule has 2 N–H and O–H groups in total. The maximum atomic E-state index is 13.5. The highest BCUT2D eigenvalue weighted by atomic mass is 16.5. The molecule has 2 saturated heterocycles. The fourth-order valence-corrected chi connectivity index (χ4v) is 4.81. The van der Waals surface area contributed by atoms with Gasteiger partial charge in [0.2, 0.25) is 5.82 Å². The van der Waals surface area contributed by atoms with Crippen LogP contribution in [-0.2, 0) is 4.74 Å². The molecular weight excluding hydrogens is 460 g/mol. The number of morpholine rings is 1. The number of likely N-dealkylation sites (tertiary alicyclic amines) is 1. The SMILES string of the molecule is CC(C)c1cc(-c2nnc(C(=O)N3CCCCC3)n2-c2ccc(N3CCOCC3)nc2)c(O)cc1O. The van der Waals surface area contributed by atoms with Gasteiger partial charge in [0.05, 0.1) is 30.7 Å². The number of carbonyl (C=O) groups is 1. The largest absolute Gasteiger partial charge is 0.508 e. The monoisotopic (exact) mass is 492 g/mol. The van der Waals surface area contributed by atoms with Gasteiger partial charge in [-0.25, -0.2) is 4.98 Å². The van der Waals surface area contributed by atoms with Crippen LogP contribution in [0.5, 0.6) is 11.5 Å². The van der Waals surface area contributed by atoms with Crippen molar-refractivity contribution in [2.75, 3.05) is 44.3 Å². The number of hydrogen-bond acceptors (Lipinski definition) is 8. The molecule has 5 rings (SSSR count). The van der Waals surface area contributed by atoms with Gasteiger partial charge in [0.1, 0.15) is 17.3 Å². The van der Waals surface area contributed by atoms with Crippen molar-refractivity contribution >= 4 is 11.7 Å². The van der Waals surface area contributed by atoms with E-state index >= 15 is 0 Å². The van der Waals surface area contributed by atoms with Crippen molar-refractivity contribution < 1.29 is 19.7 Å². The lowest BCUT2D eigenvalue weighted by Crippen LogP contribution is -2.37. The Morgan fingerprint density at radius 1 is 0.972 bits per heavy atom. The van der Waals surface area contributed by atoms with Gasteiger partial charge in [0, 0.05) is 32.2 Å². The van der Waals surface area contributed by atoms with Crippen LogP contribution in [0, 0.1) is 0 Å². The molecule has 1 aromatic carbocycles. The number of piperidine rings is 1. The van der Waals surface area contributed by atoms with Crippen molar-refractivity contribution in [3.05, 3.63) is 41.9 Å². The molecule has 0 radical (unpaired) electrons. The first-order valence-corrected chi connectivity index (χ1v) is 12.5. The standard InChI is InChI=1S/C26H32N6O4/c1-17(2)19-14-20(22(34)15-21(19)33)24-28-29-25(26(35)31-8-4-3-5-9-31)32(24)18-6-7-23(27-16-18)30-10-12-36-13-11-30/h6-7,14-17,33-34H,3-5,8-13H2,1-2H3. The lowest BCUT2D eigenvalue weighted by Gasteiger charge is -2.28. The quantitative estimate of drug-likeness (QED) is 0.557. The topological polar surface area (TPSA) is 117 Å². The van der Waals surface area contributed by atoms with E-state index in [2.05, 4.69) is 20.1 Å². The van der Waals surface area contributed by atoms with Crippen LogP contribution in [0.2, 0.25) is 0 Å². The lowest BCUT2D eigenvalue weighted by atomic mass is 9.98. The number of benzene rings is 1. The summed E-state index contributed by atoms with van der Waals surface area (Å²) in [5.41, 5.74) is 1.67. The van der Waals surface area contributed by atoms with E-state index < -0.39 is 0 Å². The summed E-state index contributed by atoms with van der Waals surface area (Å²) in [7, 11) is 0. The zero-order valence-electron chi connectivity index (χ0n) is 20.7. The molecule has 1 amide bonds. The highest BCUT2D eigenvalue weighted by molar-refractivity contribution is 5.92. The zero-order valence-corrected chi connectivity index (χ0v) is 20.7. The molecule has 0 spiro atoms. The Kier molecular flexibility index (Phi) is 6.77. The fourth-order valence-electron chi connectivity index (χ4n) is 4.81. The average molecular weight is 493 g/mol. The van der Waals surface area contributed by atoms with E-state index in [1.165, 1.54) is 6.07 Å². The number of rotatable bonds is 5. The Balaban J connectivity index is 1.61. The van der Waals surface area contributed by atoms with Gasteiger partial charge in [-0.15, -0.1) is 10.2 Å². The maximum Gasteiger partial charge on any atom is 0.292 e. The molecule has 0 saturated carbocycles. The van der Waals surface area contributed by atoms with Crippen molar-refractivity contribution in [3.8, 4) is 28.6 Å². The van der Waals surface area contributed by atoms with Crippen molar-refractivity contribution in [2.45, 2.75) is 39.0 Å². The number of aromatic hydroxyl groups is 2. The van der Waals surface area contributed by atoms with Gasteiger partial charge >= 0.3 is 0 Å². The van der Waals surface area contributed by atoms with E-state index in [0.717, 1.165) is 38.2 Å². The summed E-state index contributed by atoms with van der Waals surface area (Å²) in [6.07, 6.45) is 4.72. The second kappa shape index (κ2) is 10.1. The minimum Gasteiger partial charge on any atom is -0.508 e. The van der Waals surface area contributed by atoms with Crippen LogP contribution >= 0.6 is 0 Å². The van der Waals surface area contributed by atoms with Crippen molar-refractivity contribution in [1.82, 2.24) is 24.6 Å². The number of hydrogen-bond donors (Lipinski definition) is 2. The molecular formula is C26H32N6O4. The van der Waals surface area contributed by atoms with Gasteiger partial charge < -0.3 is 24.7 Å². The first-order chi connectivity index (χ1) is 17.4. The van der Waals surface area contributed by atoms with Gasteiger partial charge in [-0.2, -0.15) is 0 Å². The van der Waals surface area contributed by atoms with Gasteiger partial charge in [-0.1, -0.05) is 13.8 Å². The van der Waals surface area contributed by atoms with E-state index in [4.69, 9.17) is 4.74 Å². The zero-order chi connectivity index (χ0) is 25.2. The number of pyridine rings is 1. The van der Waals surface area contributed by atoms with Crippen molar-refractivity contribution in [1.29, 1.82) is 0 Å². The Hall–Kier alpha value is -3.66. The van der Waals surface area contributed by atoms with Crippen LogP contribution in [0.4, 0.5) is 5.82 Å². The highest BCUT2D eigenvalue weighted by Gasteiger charge is 2.28. The third-order valence-corrected chi connectivity index (χ3v) is 6.83. The van der Waals surface area contributed by atoms with E-state index in [9.17, 15) is 15.0 Å². The molecule has 0 unspecified atom stereocenters. The minimum atomic E-state index is -0.201. The molecule has 2 aliphatic heterocycles. The van der Waals surface area contributed by atoms with E-state index in [0.29, 0.717) is 48.9 Å². The molecule has 4 heterocycles. The maximum absolute atomic E-state index is 13.5. The third kappa shape index (κ3) is 4.60. The number of phenols is 2. The summed E-state index contributed by atoms with van der Waals surface area (Å²) in [6, 6.07) is 6.82. The summed E-state index contributed by atoms with van der Waals surface area (Å²) >= 11 is 0. The molecule has 0 atom stereocenters. The predicted molar refractivity (Wildman–Crippen MR) is 135 cm³/mol. The number of nitrogens with zero attached hydrogens (tertiary/aromatic N) is 6. The van der Waals surface area contributed by atoms with Crippen molar-refractivity contribution in [3.63, 3.8) is 0 Å². The minimum absolute atomic E-state index is 0.0125. The molecule has 10 nitrogen and oxygen atoms in total. The smallest absolute Gasteiger partial charge is 0.292 e. The molecule has 2 aliphatic rings. The Morgan fingerprint density at radius 2 is 1.72 bits per heavy atom. The van der Waals surface area contributed by atoms with E-state index in [-0.39, 0.29) is 29.1 Å². The average Bonchev–Trinajstić information content (AvgIpc) is 3.34. The van der Waals surface area contributed by atoms with Crippen LogP contribution in [0.25, 0.3) is 17.1 Å². The molecule has 0 aliphatic carbocycles. The first-order valence-electron chi connectivity index (χ1n) is 12.5. The number of anilines is 1. The lowest BCUT2D eigenvalue weighted by molar-refractivity contribution is 0.0709. The van der Waals surface area contributed by atoms with Crippen LogP contribution in [0.1, 0.15) is 55.2 Å². The number of amides is 1. The van der Waals surface area contributed by atoms with Gasteiger partial charge in [-0.3, -0.25) is 9.36 Å². The summed E-state index contributed by atoms with van der Waals surface area (Å²) in [6.45, 7) is 8.12. The van der Waals surface area contributed by atoms with Gasteiger partial charge in [-0.05, 0) is 48.9 Å². The molecule has 190 valence electrons. The molecule has 10 heteroatoms. The Bertz CT molecular complexity index is 1230. The highest BCUT2D eigenvalue weighted by Crippen LogP contribution is 2.38. The van der Waals surface area contributed by atoms with E-state index in [1.807, 2.05) is 26.0 Å². The number of carbonyl (C=O) groups excluding carboxylic acids is 1. The van der Waals surface area contributed by atoms with E-state index in [1.54, 1.807) is 21.7 Å². The molecule has 0 bridgehead atoms. The fraction of sp³-hybridized carbons (Fsp3) is 0.462. The van der Waals surface area contributed by atoms with Crippen LogP contribution in [-0.4, -0.2) is 80.2 Å². The number of aromatic nitrogens is 4. The number of phenolic OH excluding ortho intramolecular Hbond substituents is 2. The third-order valence-electron chi connectivity index (χ3n) is 6.83. The number of ether oxygens (including phenoxy) is 1. The van der Waals surface area contributed by atoms with Gasteiger partial charge in [0.15, 0.2) is 5.82 Å². The normalized spacial score (nSPS) is 16.5. The molecule has 2 fully saturated rings. The van der Waals surface area contributed by atoms with Crippen LogP contribution in [0.15, 0.2) is 30.5 Å². The molecule has 36 heavy (non-hydrogen) atoms. The van der Waals surface area contributed by atoms with Crippen molar-refractivity contribution in [2.24, 2.45) is 0 Å². The van der Waals surface area contributed by atoms with Gasteiger partial charge in [0.25, 0.3) is 5.91 Å². The molecule has 2 aromatic heterocycles. The predicted octanol–water partition coefficient (Wildman–Crippen LogP) is 3.33. The van der Waals surface area contributed by atoms with Crippen LogP contribution in [0.3, 0.4) is 0 Å².